The van der Waals surface area contributed by atoms with Gasteiger partial charge in [0.2, 0.25) is 5.76 Å². The fraction of sp³-hybridized carbons (Fsp3) is 0.474. The molecule has 25 heavy (non-hydrogen) atoms. The molecule has 0 fully saturated rings. The van der Waals surface area contributed by atoms with Crippen molar-refractivity contribution >= 4 is 17.7 Å². The molecule has 0 aliphatic carbocycles. The van der Waals surface area contributed by atoms with Crippen LogP contribution in [0.2, 0.25) is 0 Å². The number of carboxylic acids is 2. The molecule has 1 rings (SSSR count). The molecular formula is C19H28O6. The van der Waals surface area contributed by atoms with Crippen molar-refractivity contribution in [2.24, 2.45) is 5.92 Å². The molecule has 0 unspecified atom stereocenters. The van der Waals surface area contributed by atoms with Gasteiger partial charge in [-0.05, 0) is 12.3 Å². The van der Waals surface area contributed by atoms with Crippen LogP contribution in [0.3, 0.4) is 0 Å². The fourth-order valence-electron chi connectivity index (χ4n) is 2.04. The summed E-state index contributed by atoms with van der Waals surface area (Å²) in [5, 5.41) is 17.2. The summed E-state index contributed by atoms with van der Waals surface area (Å²) in [6, 6.07) is 8.93. The number of carboxylic acid groups (broad SMARTS) is 2. The Morgan fingerprint density at radius 1 is 1.00 bits per heavy atom. The van der Waals surface area contributed by atoms with Crippen LogP contribution in [0.25, 0.3) is 5.76 Å². The lowest BCUT2D eigenvalue weighted by molar-refractivity contribution is -0.137. The SMILES string of the molecule is CC(C)CCCCC(=O)O.COC(C(=O)O)=C(OC)c1ccccc1. The smallest absolute Gasteiger partial charge is 0.375 e. The Kier molecular flexibility index (Phi) is 11.6. The first-order valence-electron chi connectivity index (χ1n) is 8.16. The number of benzene rings is 1. The van der Waals surface area contributed by atoms with Crippen LogP contribution >= 0.6 is 0 Å². The monoisotopic (exact) mass is 352 g/mol. The van der Waals surface area contributed by atoms with Crippen molar-refractivity contribution in [1.29, 1.82) is 0 Å². The summed E-state index contributed by atoms with van der Waals surface area (Å²) in [6.07, 6.45) is 3.34. The van der Waals surface area contributed by atoms with Crippen LogP contribution in [0.15, 0.2) is 36.1 Å². The molecule has 0 heterocycles. The van der Waals surface area contributed by atoms with E-state index in [1.807, 2.05) is 6.07 Å². The number of unbranched alkanes of at least 4 members (excludes halogenated alkanes) is 1. The molecule has 1 aromatic carbocycles. The molecule has 0 saturated carbocycles. The van der Waals surface area contributed by atoms with Gasteiger partial charge in [-0.15, -0.1) is 0 Å². The molecule has 0 aromatic heterocycles. The average Bonchev–Trinajstić information content (AvgIpc) is 2.57. The van der Waals surface area contributed by atoms with Gasteiger partial charge in [0.1, 0.15) is 0 Å². The maximum atomic E-state index is 10.8. The number of ether oxygens (including phenoxy) is 2. The van der Waals surface area contributed by atoms with E-state index in [0.29, 0.717) is 17.9 Å². The zero-order valence-corrected chi connectivity index (χ0v) is 15.3. The largest absolute Gasteiger partial charge is 0.492 e. The van der Waals surface area contributed by atoms with Crippen molar-refractivity contribution in [3.63, 3.8) is 0 Å². The minimum atomic E-state index is -1.15. The highest BCUT2D eigenvalue weighted by Crippen LogP contribution is 2.19. The number of methoxy groups -OCH3 is 2. The lowest BCUT2D eigenvalue weighted by Crippen LogP contribution is -2.07. The molecule has 2 N–H and O–H groups in total. The van der Waals surface area contributed by atoms with Gasteiger partial charge in [0.15, 0.2) is 5.76 Å². The Hall–Kier alpha value is -2.50. The molecule has 0 saturated heterocycles. The molecule has 0 aliphatic heterocycles. The summed E-state index contributed by atoms with van der Waals surface area (Å²) in [4.78, 5) is 20.9. The standard InChI is InChI=1S/C11H12O4.C8H16O2/c1-14-9(10(15-2)11(12)13)8-6-4-3-5-7-8;1-7(2)5-3-4-6-8(9)10/h3-7H,1-2H3,(H,12,13);7H,3-6H2,1-2H3,(H,9,10). The zero-order chi connectivity index (χ0) is 19.2. The Labute approximate surface area is 149 Å². The molecule has 6 heteroatoms. The Balaban J connectivity index is 0.000000504. The summed E-state index contributed by atoms with van der Waals surface area (Å²) in [6.45, 7) is 4.31. The number of aliphatic carboxylic acids is 2. The lowest BCUT2D eigenvalue weighted by atomic mass is 10.1. The highest BCUT2D eigenvalue weighted by atomic mass is 16.5. The topological polar surface area (TPSA) is 93.1 Å². The van der Waals surface area contributed by atoms with Gasteiger partial charge in [-0.3, -0.25) is 4.79 Å². The molecule has 0 atom stereocenters. The van der Waals surface area contributed by atoms with Gasteiger partial charge in [0.05, 0.1) is 14.2 Å². The van der Waals surface area contributed by atoms with Gasteiger partial charge in [0.25, 0.3) is 0 Å². The van der Waals surface area contributed by atoms with Gasteiger partial charge < -0.3 is 19.7 Å². The van der Waals surface area contributed by atoms with E-state index in [0.717, 1.165) is 19.3 Å². The molecule has 0 spiro atoms. The second kappa shape index (κ2) is 12.9. The maximum absolute atomic E-state index is 10.8. The summed E-state index contributed by atoms with van der Waals surface area (Å²) in [5.74, 6) is -1.12. The Bertz CT molecular complexity index is 548. The van der Waals surface area contributed by atoms with Crippen LogP contribution in [0.1, 0.15) is 45.1 Å². The van der Waals surface area contributed by atoms with Gasteiger partial charge in [-0.25, -0.2) is 4.79 Å². The Morgan fingerprint density at radius 2 is 1.60 bits per heavy atom. The van der Waals surface area contributed by atoms with E-state index in [9.17, 15) is 9.59 Å². The molecular weight excluding hydrogens is 324 g/mol. The summed E-state index contributed by atoms with van der Waals surface area (Å²) < 4.78 is 9.80. The first-order chi connectivity index (χ1) is 11.8. The predicted octanol–water partition coefficient (Wildman–Crippen LogP) is 4.02. The van der Waals surface area contributed by atoms with E-state index in [1.54, 1.807) is 24.3 Å². The van der Waals surface area contributed by atoms with Gasteiger partial charge in [-0.2, -0.15) is 0 Å². The number of rotatable bonds is 9. The summed E-state index contributed by atoms with van der Waals surface area (Å²) in [7, 11) is 2.70. The quantitative estimate of drug-likeness (QED) is 0.396. The van der Waals surface area contributed by atoms with Gasteiger partial charge >= 0.3 is 11.9 Å². The molecule has 0 amide bonds. The van der Waals surface area contributed by atoms with Crippen molar-refractivity contribution < 1.29 is 29.3 Å². The molecule has 0 radical (unpaired) electrons. The highest BCUT2D eigenvalue weighted by Gasteiger charge is 2.17. The van der Waals surface area contributed by atoms with Crippen molar-refractivity contribution in [1.82, 2.24) is 0 Å². The lowest BCUT2D eigenvalue weighted by Gasteiger charge is -2.09. The number of hydrogen-bond acceptors (Lipinski definition) is 4. The van der Waals surface area contributed by atoms with Crippen LogP contribution in [-0.2, 0) is 19.1 Å². The van der Waals surface area contributed by atoms with Gasteiger partial charge in [0, 0.05) is 12.0 Å². The third-order valence-corrected chi connectivity index (χ3v) is 3.27. The maximum Gasteiger partial charge on any atom is 0.375 e. The first kappa shape index (κ1) is 22.5. The predicted molar refractivity (Wildman–Crippen MR) is 96.0 cm³/mol. The highest BCUT2D eigenvalue weighted by molar-refractivity contribution is 5.92. The van der Waals surface area contributed by atoms with Crippen molar-refractivity contribution in [3.8, 4) is 0 Å². The van der Waals surface area contributed by atoms with Gasteiger partial charge in [-0.1, -0.05) is 57.0 Å². The first-order valence-corrected chi connectivity index (χ1v) is 8.16. The van der Waals surface area contributed by atoms with Crippen molar-refractivity contribution in [3.05, 3.63) is 41.7 Å². The number of hydrogen-bond donors (Lipinski definition) is 2. The third kappa shape index (κ3) is 10.1. The third-order valence-electron chi connectivity index (χ3n) is 3.27. The zero-order valence-electron chi connectivity index (χ0n) is 15.3. The molecule has 0 bridgehead atoms. The molecule has 1 aromatic rings. The van der Waals surface area contributed by atoms with Crippen molar-refractivity contribution in [2.75, 3.05) is 14.2 Å². The van der Waals surface area contributed by atoms with E-state index in [-0.39, 0.29) is 11.5 Å². The van der Waals surface area contributed by atoms with E-state index in [4.69, 9.17) is 19.7 Å². The minimum Gasteiger partial charge on any atom is -0.492 e. The van der Waals surface area contributed by atoms with Crippen LogP contribution in [-0.4, -0.2) is 36.4 Å². The molecule has 6 nitrogen and oxygen atoms in total. The minimum absolute atomic E-state index is 0.205. The molecule has 0 aliphatic rings. The second-order valence-corrected chi connectivity index (χ2v) is 5.77. The average molecular weight is 352 g/mol. The van der Waals surface area contributed by atoms with E-state index < -0.39 is 11.9 Å². The van der Waals surface area contributed by atoms with Crippen LogP contribution in [0, 0.1) is 5.92 Å². The van der Waals surface area contributed by atoms with Crippen LogP contribution < -0.4 is 0 Å². The van der Waals surface area contributed by atoms with Crippen molar-refractivity contribution in [2.45, 2.75) is 39.5 Å². The van der Waals surface area contributed by atoms with Crippen LogP contribution in [0.4, 0.5) is 0 Å². The van der Waals surface area contributed by atoms with Crippen LogP contribution in [0.5, 0.6) is 0 Å². The number of carbonyl (C=O) groups is 2. The summed E-state index contributed by atoms with van der Waals surface area (Å²) in [5.41, 5.74) is 0.666. The van der Waals surface area contributed by atoms with E-state index in [2.05, 4.69) is 13.8 Å². The normalized spacial score (nSPS) is 11.1. The Morgan fingerprint density at radius 3 is 2.00 bits per heavy atom. The van der Waals surface area contributed by atoms with E-state index in [1.165, 1.54) is 14.2 Å². The van der Waals surface area contributed by atoms with E-state index >= 15 is 0 Å². The molecule has 140 valence electrons. The fourth-order valence-corrected chi connectivity index (χ4v) is 2.04. The second-order valence-electron chi connectivity index (χ2n) is 5.77. The summed E-state index contributed by atoms with van der Waals surface area (Å²) >= 11 is 0.